The Morgan fingerprint density at radius 1 is 0.967 bits per heavy atom. The number of benzene rings is 3. The van der Waals surface area contributed by atoms with Crippen molar-refractivity contribution in [2.75, 3.05) is 4.90 Å². The number of aryl methyl sites for hydroxylation is 1. The van der Waals surface area contributed by atoms with Crippen LogP contribution in [0.4, 0.5) is 14.9 Å². The van der Waals surface area contributed by atoms with Crippen molar-refractivity contribution in [3.63, 3.8) is 0 Å². The standard InChI is InChI=1S/C24H20FNO4/c25-18-9-11-19(12-10-18)26-22(21(28)15-6-16-4-2-1-3-5-16)23(30-24(26)29)17-7-13-20(27)14-8-17/h1-5,7-14,22-23,27H,6,15H2/t22-,23-/m0/s1. The summed E-state index contributed by atoms with van der Waals surface area (Å²) in [5.41, 5.74) is 2.01. The van der Waals surface area contributed by atoms with E-state index in [1.165, 1.54) is 41.3 Å². The van der Waals surface area contributed by atoms with Gasteiger partial charge in [0.1, 0.15) is 17.6 Å². The normalized spacial score (nSPS) is 18.3. The van der Waals surface area contributed by atoms with Gasteiger partial charge in [-0.3, -0.25) is 9.69 Å². The summed E-state index contributed by atoms with van der Waals surface area (Å²) >= 11 is 0. The molecule has 0 unspecified atom stereocenters. The van der Waals surface area contributed by atoms with Crippen LogP contribution < -0.4 is 4.90 Å². The van der Waals surface area contributed by atoms with E-state index in [1.54, 1.807) is 12.1 Å². The molecule has 1 aliphatic heterocycles. The molecule has 0 aliphatic carbocycles. The number of nitrogens with zero attached hydrogens (tertiary/aromatic N) is 1. The zero-order valence-electron chi connectivity index (χ0n) is 16.1. The molecule has 5 nitrogen and oxygen atoms in total. The van der Waals surface area contributed by atoms with Crippen LogP contribution in [0.3, 0.4) is 0 Å². The minimum atomic E-state index is -0.892. The lowest BCUT2D eigenvalue weighted by atomic mass is 9.94. The first-order chi connectivity index (χ1) is 14.5. The zero-order valence-corrected chi connectivity index (χ0v) is 16.1. The lowest BCUT2D eigenvalue weighted by Crippen LogP contribution is -2.40. The number of ketones is 1. The molecule has 0 aromatic heterocycles. The molecule has 1 amide bonds. The summed E-state index contributed by atoms with van der Waals surface area (Å²) < 4.78 is 19.0. The van der Waals surface area contributed by atoms with Gasteiger partial charge in [0.15, 0.2) is 11.9 Å². The van der Waals surface area contributed by atoms with Gasteiger partial charge >= 0.3 is 6.09 Å². The van der Waals surface area contributed by atoms with Gasteiger partial charge in [0, 0.05) is 12.1 Å². The fraction of sp³-hybridized carbons (Fsp3) is 0.167. The lowest BCUT2D eigenvalue weighted by Gasteiger charge is -2.24. The molecule has 0 radical (unpaired) electrons. The van der Waals surface area contributed by atoms with Crippen LogP contribution in [0.15, 0.2) is 78.9 Å². The summed E-state index contributed by atoms with van der Waals surface area (Å²) in [6, 6.07) is 20.3. The topological polar surface area (TPSA) is 66.8 Å². The number of hydrogen-bond acceptors (Lipinski definition) is 4. The van der Waals surface area contributed by atoms with Crippen LogP contribution in [0.2, 0.25) is 0 Å². The summed E-state index contributed by atoms with van der Waals surface area (Å²) in [7, 11) is 0. The van der Waals surface area contributed by atoms with Gasteiger partial charge in [-0.1, -0.05) is 42.5 Å². The van der Waals surface area contributed by atoms with Crippen molar-refractivity contribution in [1.82, 2.24) is 0 Å². The summed E-state index contributed by atoms with van der Waals surface area (Å²) in [6.07, 6.45) is -0.745. The molecule has 152 valence electrons. The summed E-state index contributed by atoms with van der Waals surface area (Å²) in [4.78, 5) is 27.3. The highest BCUT2D eigenvalue weighted by Gasteiger charge is 2.47. The van der Waals surface area contributed by atoms with E-state index < -0.39 is 24.1 Å². The molecule has 1 fully saturated rings. The highest BCUT2D eigenvalue weighted by atomic mass is 19.1. The first kappa shape index (κ1) is 19.6. The van der Waals surface area contributed by atoms with E-state index in [9.17, 15) is 19.1 Å². The Balaban J connectivity index is 1.65. The van der Waals surface area contributed by atoms with Gasteiger partial charge in [-0.05, 0) is 53.9 Å². The maximum absolute atomic E-state index is 13.4. The number of anilines is 1. The van der Waals surface area contributed by atoms with E-state index in [4.69, 9.17) is 4.74 Å². The molecule has 3 aromatic carbocycles. The number of Topliss-reactive ketones (excluding diaryl/α,β-unsaturated/α-hetero) is 1. The minimum absolute atomic E-state index is 0.0745. The van der Waals surface area contributed by atoms with Crippen molar-refractivity contribution in [3.05, 3.63) is 95.8 Å². The number of halogens is 1. The number of rotatable bonds is 6. The molecule has 2 atom stereocenters. The zero-order chi connectivity index (χ0) is 21.1. The Morgan fingerprint density at radius 2 is 1.63 bits per heavy atom. The average molecular weight is 405 g/mol. The van der Waals surface area contributed by atoms with Gasteiger partial charge in [0.25, 0.3) is 0 Å². The number of carbonyl (C=O) groups excluding carboxylic acids is 2. The van der Waals surface area contributed by atoms with Crippen LogP contribution >= 0.6 is 0 Å². The van der Waals surface area contributed by atoms with Gasteiger partial charge < -0.3 is 9.84 Å². The SMILES string of the molecule is O=C(CCc1ccccc1)[C@H]1[C@H](c2ccc(O)cc2)OC(=O)N1c1ccc(F)cc1. The Morgan fingerprint density at radius 3 is 2.30 bits per heavy atom. The van der Waals surface area contributed by atoms with Crippen molar-refractivity contribution in [2.24, 2.45) is 0 Å². The third-order valence-corrected chi connectivity index (χ3v) is 5.15. The van der Waals surface area contributed by atoms with E-state index in [0.29, 0.717) is 17.7 Å². The van der Waals surface area contributed by atoms with Crippen molar-refractivity contribution < 1.29 is 23.8 Å². The first-order valence-corrected chi connectivity index (χ1v) is 9.64. The molecule has 1 N–H and O–H groups in total. The van der Waals surface area contributed by atoms with Crippen molar-refractivity contribution in [3.8, 4) is 5.75 Å². The summed E-state index contributed by atoms with van der Waals surface area (Å²) in [5.74, 6) is -0.522. The quantitative estimate of drug-likeness (QED) is 0.640. The molecule has 0 bridgehead atoms. The fourth-order valence-corrected chi connectivity index (χ4v) is 3.63. The third-order valence-electron chi connectivity index (χ3n) is 5.15. The van der Waals surface area contributed by atoms with Gasteiger partial charge in [-0.25, -0.2) is 9.18 Å². The predicted octanol–water partition coefficient (Wildman–Crippen LogP) is 4.80. The maximum Gasteiger partial charge on any atom is 0.415 e. The molecule has 1 aliphatic rings. The molecule has 1 heterocycles. The van der Waals surface area contributed by atoms with Crippen LogP contribution in [0, 0.1) is 5.82 Å². The van der Waals surface area contributed by atoms with Crippen LogP contribution in [0.25, 0.3) is 0 Å². The molecule has 30 heavy (non-hydrogen) atoms. The molecule has 4 rings (SSSR count). The van der Waals surface area contributed by atoms with E-state index in [0.717, 1.165) is 5.56 Å². The van der Waals surface area contributed by atoms with Crippen LogP contribution in [-0.4, -0.2) is 23.0 Å². The van der Waals surface area contributed by atoms with Gasteiger partial charge in [-0.15, -0.1) is 0 Å². The van der Waals surface area contributed by atoms with Crippen molar-refractivity contribution in [1.29, 1.82) is 0 Å². The highest BCUT2D eigenvalue weighted by Crippen LogP contribution is 2.37. The number of ether oxygens (including phenoxy) is 1. The average Bonchev–Trinajstić information content (AvgIpc) is 3.11. The number of carbonyl (C=O) groups is 2. The smallest absolute Gasteiger partial charge is 0.415 e. The fourth-order valence-electron chi connectivity index (χ4n) is 3.63. The Bertz CT molecular complexity index is 1040. The summed E-state index contributed by atoms with van der Waals surface area (Å²) in [5, 5.41) is 9.57. The monoisotopic (exact) mass is 405 g/mol. The second-order valence-corrected chi connectivity index (χ2v) is 7.14. The van der Waals surface area contributed by atoms with Crippen LogP contribution in [0.5, 0.6) is 5.75 Å². The molecule has 1 saturated heterocycles. The molecule has 6 heteroatoms. The number of cyclic esters (lactones) is 1. The Hall–Kier alpha value is -3.67. The van der Waals surface area contributed by atoms with Crippen molar-refractivity contribution >= 4 is 17.6 Å². The maximum atomic E-state index is 13.4. The Labute approximate surface area is 173 Å². The van der Waals surface area contributed by atoms with Crippen LogP contribution in [0.1, 0.15) is 23.7 Å². The Kier molecular flexibility index (Phi) is 5.48. The second-order valence-electron chi connectivity index (χ2n) is 7.14. The number of hydrogen-bond donors (Lipinski definition) is 1. The number of amides is 1. The van der Waals surface area contributed by atoms with E-state index in [2.05, 4.69) is 0 Å². The number of phenols is 1. The molecule has 0 saturated carbocycles. The van der Waals surface area contributed by atoms with Gasteiger partial charge in [0.2, 0.25) is 0 Å². The summed E-state index contributed by atoms with van der Waals surface area (Å²) in [6.45, 7) is 0. The molecule has 3 aromatic rings. The van der Waals surface area contributed by atoms with Gasteiger partial charge in [0.05, 0.1) is 0 Å². The molecular formula is C24H20FNO4. The first-order valence-electron chi connectivity index (χ1n) is 9.64. The number of aromatic hydroxyl groups is 1. The lowest BCUT2D eigenvalue weighted by molar-refractivity contribution is -0.121. The molecular weight excluding hydrogens is 385 g/mol. The minimum Gasteiger partial charge on any atom is -0.508 e. The van der Waals surface area contributed by atoms with E-state index >= 15 is 0 Å². The second kappa shape index (κ2) is 8.37. The largest absolute Gasteiger partial charge is 0.508 e. The predicted molar refractivity (Wildman–Crippen MR) is 110 cm³/mol. The third kappa shape index (κ3) is 4.03. The van der Waals surface area contributed by atoms with E-state index in [1.807, 2.05) is 30.3 Å². The van der Waals surface area contributed by atoms with Crippen molar-refractivity contribution in [2.45, 2.75) is 25.0 Å². The highest BCUT2D eigenvalue weighted by molar-refractivity contribution is 6.01. The van der Waals surface area contributed by atoms with Crippen LogP contribution in [-0.2, 0) is 16.0 Å². The number of phenolic OH excluding ortho intramolecular Hbond substituents is 1. The van der Waals surface area contributed by atoms with Gasteiger partial charge in [-0.2, -0.15) is 0 Å². The molecule has 0 spiro atoms. The van der Waals surface area contributed by atoms with E-state index in [-0.39, 0.29) is 18.0 Å².